The lowest BCUT2D eigenvalue weighted by Crippen LogP contribution is -2.45. The Morgan fingerprint density at radius 2 is 0.691 bits per heavy atom. The van der Waals surface area contributed by atoms with Gasteiger partial charge in [-0.1, -0.05) is 289 Å². The predicted molar refractivity (Wildman–Crippen MR) is 296 cm³/mol. The summed E-state index contributed by atoms with van der Waals surface area (Å²) in [5.41, 5.74) is 0. The van der Waals surface area contributed by atoms with Gasteiger partial charge in [0.2, 0.25) is 5.91 Å². The standard InChI is InChI=1S/C62H119NO5/c1-3-5-7-9-11-13-15-16-28-32-36-40-44-48-52-56-62(67)68-57-53-49-45-41-37-33-30-27-25-23-21-19-17-18-20-22-24-26-29-31-35-39-43-47-51-55-61(66)63-59(58-64)60(65)54-50-46-42-38-34-14-12-10-8-6-4-2/h18,20,50,54,59-60,64-65H,3-17,19,21-49,51-53,55-58H2,1-2H3,(H,63,66)/b20-18-,54-50+. The smallest absolute Gasteiger partial charge is 0.305 e. The second kappa shape index (κ2) is 57.9. The van der Waals surface area contributed by atoms with Crippen LogP contribution in [0.4, 0.5) is 0 Å². The maximum atomic E-state index is 12.4. The zero-order valence-electron chi connectivity index (χ0n) is 45.9. The molecule has 0 aliphatic rings. The van der Waals surface area contributed by atoms with Crippen molar-refractivity contribution in [2.45, 2.75) is 347 Å². The first-order chi connectivity index (χ1) is 33.5. The molecule has 0 heterocycles. The lowest BCUT2D eigenvalue weighted by molar-refractivity contribution is -0.143. The lowest BCUT2D eigenvalue weighted by atomic mass is 10.0. The van der Waals surface area contributed by atoms with Crippen LogP contribution in [0.2, 0.25) is 0 Å². The molecule has 0 aromatic heterocycles. The second-order valence-corrected chi connectivity index (χ2v) is 21.0. The minimum Gasteiger partial charge on any atom is -0.466 e. The molecule has 0 fully saturated rings. The first-order valence-corrected chi connectivity index (χ1v) is 30.6. The van der Waals surface area contributed by atoms with E-state index in [1.807, 2.05) is 6.08 Å². The Hall–Kier alpha value is -1.66. The second-order valence-electron chi connectivity index (χ2n) is 21.0. The number of allylic oxidation sites excluding steroid dienone is 3. The Bertz CT molecular complexity index is 1060. The van der Waals surface area contributed by atoms with Crippen LogP contribution in [-0.2, 0) is 14.3 Å². The predicted octanol–water partition coefficient (Wildman–Crippen LogP) is 19.0. The Labute approximate surface area is 424 Å². The number of carbonyl (C=O) groups excluding carboxylic acids is 2. The van der Waals surface area contributed by atoms with Gasteiger partial charge in [-0.15, -0.1) is 0 Å². The normalized spacial score (nSPS) is 12.7. The minimum atomic E-state index is -0.844. The van der Waals surface area contributed by atoms with Gasteiger partial charge in [-0.3, -0.25) is 9.59 Å². The van der Waals surface area contributed by atoms with Crippen molar-refractivity contribution in [1.82, 2.24) is 5.32 Å². The van der Waals surface area contributed by atoms with E-state index in [0.717, 1.165) is 38.5 Å². The fourth-order valence-electron chi connectivity index (χ4n) is 9.51. The van der Waals surface area contributed by atoms with Gasteiger partial charge in [0.25, 0.3) is 0 Å². The fraction of sp³-hybridized carbons (Fsp3) is 0.903. The van der Waals surface area contributed by atoms with Gasteiger partial charge in [-0.2, -0.15) is 0 Å². The van der Waals surface area contributed by atoms with Crippen molar-refractivity contribution in [3.63, 3.8) is 0 Å². The summed E-state index contributed by atoms with van der Waals surface area (Å²) in [5.74, 6) is -0.0555. The first kappa shape index (κ1) is 66.3. The highest BCUT2D eigenvalue weighted by atomic mass is 16.5. The molecule has 0 aromatic carbocycles. The number of amides is 1. The summed E-state index contributed by atoms with van der Waals surface area (Å²) in [5, 5.41) is 23.0. The summed E-state index contributed by atoms with van der Waals surface area (Å²) in [4.78, 5) is 24.5. The number of ether oxygens (including phenoxy) is 1. The molecule has 0 saturated heterocycles. The summed E-state index contributed by atoms with van der Waals surface area (Å²) in [6.07, 6.45) is 70.8. The molecule has 0 rings (SSSR count). The Morgan fingerprint density at radius 3 is 1.04 bits per heavy atom. The van der Waals surface area contributed by atoms with Crippen molar-refractivity contribution in [2.75, 3.05) is 13.2 Å². The summed E-state index contributed by atoms with van der Waals surface area (Å²) in [6.45, 7) is 4.91. The van der Waals surface area contributed by atoms with Crippen LogP contribution < -0.4 is 5.32 Å². The van der Waals surface area contributed by atoms with E-state index in [0.29, 0.717) is 19.4 Å². The molecule has 0 spiro atoms. The van der Waals surface area contributed by atoms with E-state index in [1.165, 1.54) is 270 Å². The average Bonchev–Trinajstić information content (AvgIpc) is 3.34. The number of carbonyl (C=O) groups is 2. The summed E-state index contributed by atoms with van der Waals surface area (Å²) in [6, 6.07) is -0.628. The van der Waals surface area contributed by atoms with Gasteiger partial charge in [0.05, 0.1) is 25.4 Å². The topological polar surface area (TPSA) is 95.9 Å². The van der Waals surface area contributed by atoms with Gasteiger partial charge in [0, 0.05) is 12.8 Å². The van der Waals surface area contributed by atoms with Gasteiger partial charge in [0.1, 0.15) is 0 Å². The number of aliphatic hydroxyl groups excluding tert-OH is 2. The van der Waals surface area contributed by atoms with E-state index in [1.54, 1.807) is 6.08 Å². The fourth-order valence-corrected chi connectivity index (χ4v) is 9.51. The van der Waals surface area contributed by atoms with E-state index in [2.05, 4.69) is 31.3 Å². The molecular formula is C62H119NO5. The Morgan fingerprint density at radius 1 is 0.397 bits per heavy atom. The minimum absolute atomic E-state index is 0.0160. The molecule has 6 nitrogen and oxygen atoms in total. The van der Waals surface area contributed by atoms with E-state index in [9.17, 15) is 19.8 Å². The van der Waals surface area contributed by atoms with Gasteiger partial charge in [0.15, 0.2) is 0 Å². The van der Waals surface area contributed by atoms with Crippen LogP contribution >= 0.6 is 0 Å². The van der Waals surface area contributed by atoms with Crippen molar-refractivity contribution in [1.29, 1.82) is 0 Å². The molecule has 0 aliphatic heterocycles. The van der Waals surface area contributed by atoms with Crippen LogP contribution in [0.3, 0.4) is 0 Å². The van der Waals surface area contributed by atoms with Crippen molar-refractivity contribution >= 4 is 11.9 Å². The van der Waals surface area contributed by atoms with Crippen LogP contribution in [0, 0.1) is 0 Å². The quantitative estimate of drug-likeness (QED) is 0.0321. The monoisotopic (exact) mass is 958 g/mol. The third-order valence-corrected chi connectivity index (χ3v) is 14.2. The summed E-state index contributed by atoms with van der Waals surface area (Å²) >= 11 is 0. The largest absolute Gasteiger partial charge is 0.466 e. The molecule has 6 heteroatoms. The number of nitrogens with one attached hydrogen (secondary N) is 1. The van der Waals surface area contributed by atoms with Gasteiger partial charge in [-0.25, -0.2) is 0 Å². The average molecular weight is 959 g/mol. The van der Waals surface area contributed by atoms with Crippen molar-refractivity contribution < 1.29 is 24.5 Å². The van der Waals surface area contributed by atoms with Crippen LogP contribution in [0.1, 0.15) is 335 Å². The molecule has 2 unspecified atom stereocenters. The zero-order valence-corrected chi connectivity index (χ0v) is 45.9. The highest BCUT2D eigenvalue weighted by Gasteiger charge is 2.18. The van der Waals surface area contributed by atoms with E-state index < -0.39 is 12.1 Å². The van der Waals surface area contributed by atoms with Crippen molar-refractivity contribution in [2.24, 2.45) is 0 Å². The SMILES string of the molecule is CCCCCCCCCCC/C=C/C(O)C(CO)NC(=O)CCCCCCCCCCC/C=C\CCCCCCCCCCCCCCOC(=O)CCCCCCCCCCCCCCCCC. The molecule has 1 amide bonds. The lowest BCUT2D eigenvalue weighted by Gasteiger charge is -2.20. The summed E-state index contributed by atoms with van der Waals surface area (Å²) < 4.78 is 5.49. The van der Waals surface area contributed by atoms with Crippen LogP contribution in [0.5, 0.6) is 0 Å². The molecule has 3 N–H and O–H groups in total. The number of esters is 1. The van der Waals surface area contributed by atoms with Crippen molar-refractivity contribution in [3.05, 3.63) is 24.3 Å². The van der Waals surface area contributed by atoms with Gasteiger partial charge in [-0.05, 0) is 57.8 Å². The van der Waals surface area contributed by atoms with Gasteiger partial charge >= 0.3 is 5.97 Å². The van der Waals surface area contributed by atoms with E-state index in [-0.39, 0.29) is 18.5 Å². The Balaban J connectivity index is 3.38. The molecule has 0 bridgehead atoms. The third-order valence-electron chi connectivity index (χ3n) is 14.2. The number of hydrogen-bond acceptors (Lipinski definition) is 5. The Kier molecular flexibility index (Phi) is 56.5. The van der Waals surface area contributed by atoms with Crippen LogP contribution in [-0.4, -0.2) is 47.4 Å². The highest BCUT2D eigenvalue weighted by molar-refractivity contribution is 5.76. The molecule has 0 saturated carbocycles. The number of unbranched alkanes of at least 4 members (excludes halogenated alkanes) is 44. The molecule has 0 aliphatic carbocycles. The van der Waals surface area contributed by atoms with Crippen molar-refractivity contribution in [3.8, 4) is 0 Å². The maximum Gasteiger partial charge on any atom is 0.305 e. The van der Waals surface area contributed by atoms with E-state index >= 15 is 0 Å². The van der Waals surface area contributed by atoms with E-state index in [4.69, 9.17) is 4.74 Å². The number of aliphatic hydroxyl groups is 2. The van der Waals surface area contributed by atoms with Crippen LogP contribution in [0.25, 0.3) is 0 Å². The maximum absolute atomic E-state index is 12.4. The molecule has 2 atom stereocenters. The molecule has 0 radical (unpaired) electrons. The number of hydrogen-bond donors (Lipinski definition) is 3. The molecule has 0 aromatic rings. The van der Waals surface area contributed by atoms with Gasteiger partial charge < -0.3 is 20.3 Å². The number of rotatable bonds is 57. The molecular weight excluding hydrogens is 839 g/mol. The molecule has 68 heavy (non-hydrogen) atoms. The highest BCUT2D eigenvalue weighted by Crippen LogP contribution is 2.17. The third kappa shape index (κ3) is 53.7. The zero-order chi connectivity index (χ0) is 49.3. The molecule has 402 valence electrons. The first-order valence-electron chi connectivity index (χ1n) is 30.6. The van der Waals surface area contributed by atoms with Crippen LogP contribution in [0.15, 0.2) is 24.3 Å². The summed E-state index contributed by atoms with van der Waals surface area (Å²) in [7, 11) is 0.